The molecule has 1 heterocycles. The molecule has 0 aliphatic carbocycles. The summed E-state index contributed by atoms with van der Waals surface area (Å²) < 4.78 is 2.99. The lowest BCUT2D eigenvalue weighted by Crippen LogP contribution is -2.31. The van der Waals surface area contributed by atoms with Crippen LogP contribution in [0.4, 0.5) is 0 Å². The molecule has 0 spiro atoms. The summed E-state index contributed by atoms with van der Waals surface area (Å²) in [6, 6.07) is 6.35. The van der Waals surface area contributed by atoms with Gasteiger partial charge in [0.15, 0.2) is 0 Å². The van der Waals surface area contributed by atoms with Gasteiger partial charge in [-0.1, -0.05) is 30.7 Å². The van der Waals surface area contributed by atoms with Crippen LogP contribution in [0.25, 0.3) is 0 Å². The zero-order valence-electron chi connectivity index (χ0n) is 12.2. The van der Waals surface area contributed by atoms with Crippen LogP contribution < -0.4 is 11.3 Å². The predicted molar refractivity (Wildman–Crippen MR) is 85.3 cm³/mol. The third kappa shape index (κ3) is 2.95. The normalized spacial score (nSPS) is 12.7. The van der Waals surface area contributed by atoms with Crippen molar-refractivity contribution in [3.05, 3.63) is 51.3 Å². The Kier molecular flexibility index (Phi) is 4.96. The Morgan fingerprint density at radius 1 is 1.40 bits per heavy atom. The smallest absolute Gasteiger partial charge is 0.0892 e. The van der Waals surface area contributed by atoms with Crippen molar-refractivity contribution in [2.75, 3.05) is 0 Å². The molecule has 2 rings (SSSR count). The summed E-state index contributed by atoms with van der Waals surface area (Å²) in [5, 5.41) is 4.43. The summed E-state index contributed by atoms with van der Waals surface area (Å²) in [4.78, 5) is 0. The Balaban J connectivity index is 2.52. The number of rotatable bonds is 5. The SMILES string of the molecule is CCCn1ncc(Br)c1C(NN)c1cc(C)ccc1C. The number of hydrogen-bond donors (Lipinski definition) is 2. The summed E-state index contributed by atoms with van der Waals surface area (Å²) in [6.07, 6.45) is 2.87. The highest BCUT2D eigenvalue weighted by atomic mass is 79.9. The van der Waals surface area contributed by atoms with Gasteiger partial charge in [0, 0.05) is 6.54 Å². The van der Waals surface area contributed by atoms with E-state index < -0.39 is 0 Å². The first-order chi connectivity index (χ1) is 9.58. The van der Waals surface area contributed by atoms with Gasteiger partial charge in [-0.3, -0.25) is 10.5 Å². The molecule has 108 valence electrons. The topological polar surface area (TPSA) is 55.9 Å². The molecule has 0 fully saturated rings. The second-order valence-corrected chi connectivity index (χ2v) is 5.91. The van der Waals surface area contributed by atoms with Crippen LogP contribution in [-0.2, 0) is 6.54 Å². The minimum absolute atomic E-state index is 0.0710. The maximum absolute atomic E-state index is 5.84. The van der Waals surface area contributed by atoms with E-state index in [-0.39, 0.29) is 6.04 Å². The summed E-state index contributed by atoms with van der Waals surface area (Å²) >= 11 is 3.59. The van der Waals surface area contributed by atoms with E-state index in [1.807, 2.05) is 10.9 Å². The highest BCUT2D eigenvalue weighted by molar-refractivity contribution is 9.10. The number of hydrazine groups is 1. The monoisotopic (exact) mass is 336 g/mol. The van der Waals surface area contributed by atoms with Crippen LogP contribution in [0.2, 0.25) is 0 Å². The Labute approximate surface area is 128 Å². The quantitative estimate of drug-likeness (QED) is 0.651. The number of hydrogen-bond acceptors (Lipinski definition) is 3. The van der Waals surface area contributed by atoms with E-state index >= 15 is 0 Å². The molecule has 0 saturated carbocycles. The first-order valence-corrected chi connectivity index (χ1v) is 7.62. The van der Waals surface area contributed by atoms with Crippen LogP contribution in [0.5, 0.6) is 0 Å². The fourth-order valence-corrected chi connectivity index (χ4v) is 2.96. The molecule has 2 aromatic rings. The third-order valence-corrected chi connectivity index (χ3v) is 4.07. The number of halogens is 1. The number of aromatic nitrogens is 2. The van der Waals surface area contributed by atoms with Crippen molar-refractivity contribution in [3.63, 3.8) is 0 Å². The first kappa shape index (κ1) is 15.2. The Bertz CT molecular complexity index is 592. The second kappa shape index (κ2) is 6.52. The zero-order chi connectivity index (χ0) is 14.7. The van der Waals surface area contributed by atoms with Crippen molar-refractivity contribution in [2.45, 2.75) is 39.8 Å². The van der Waals surface area contributed by atoms with Crippen LogP contribution in [0, 0.1) is 13.8 Å². The van der Waals surface area contributed by atoms with E-state index in [2.05, 4.69) is 65.4 Å². The summed E-state index contributed by atoms with van der Waals surface area (Å²) in [5.41, 5.74) is 7.64. The van der Waals surface area contributed by atoms with Crippen LogP contribution in [0.1, 0.15) is 41.8 Å². The van der Waals surface area contributed by atoms with Crippen molar-refractivity contribution in [1.29, 1.82) is 0 Å². The van der Waals surface area contributed by atoms with E-state index in [1.165, 1.54) is 16.7 Å². The standard InChI is InChI=1S/C15H21BrN4/c1-4-7-20-15(13(16)9-18-20)14(19-17)12-8-10(2)5-6-11(12)3/h5-6,8-9,14,19H,4,7,17H2,1-3H3. The van der Waals surface area contributed by atoms with Gasteiger partial charge in [0.1, 0.15) is 0 Å². The predicted octanol–water partition coefficient (Wildman–Crippen LogP) is 3.23. The van der Waals surface area contributed by atoms with Gasteiger partial charge >= 0.3 is 0 Å². The molecular formula is C15H21BrN4. The molecule has 0 aliphatic heterocycles. The number of benzene rings is 1. The van der Waals surface area contributed by atoms with Gasteiger partial charge in [-0.05, 0) is 47.3 Å². The van der Waals surface area contributed by atoms with E-state index in [4.69, 9.17) is 5.84 Å². The molecule has 4 nitrogen and oxygen atoms in total. The third-order valence-electron chi connectivity index (χ3n) is 3.45. The van der Waals surface area contributed by atoms with Crippen molar-refractivity contribution >= 4 is 15.9 Å². The molecule has 1 aromatic carbocycles. The Morgan fingerprint density at radius 3 is 2.80 bits per heavy atom. The first-order valence-electron chi connectivity index (χ1n) is 6.83. The maximum atomic E-state index is 5.84. The Morgan fingerprint density at radius 2 is 2.15 bits per heavy atom. The molecule has 1 unspecified atom stereocenters. The Hall–Kier alpha value is -1.17. The summed E-state index contributed by atoms with van der Waals surface area (Å²) in [5.74, 6) is 5.84. The van der Waals surface area contributed by atoms with Gasteiger partial charge in [-0.2, -0.15) is 5.10 Å². The molecular weight excluding hydrogens is 316 g/mol. The van der Waals surface area contributed by atoms with Crippen molar-refractivity contribution < 1.29 is 0 Å². The molecule has 5 heteroatoms. The number of aryl methyl sites for hydroxylation is 3. The van der Waals surface area contributed by atoms with E-state index in [1.54, 1.807) is 0 Å². The molecule has 1 atom stereocenters. The lowest BCUT2D eigenvalue weighted by Gasteiger charge is -2.21. The van der Waals surface area contributed by atoms with E-state index in [0.717, 1.165) is 23.1 Å². The number of nitrogens with one attached hydrogen (secondary N) is 1. The van der Waals surface area contributed by atoms with Gasteiger partial charge in [0.25, 0.3) is 0 Å². The van der Waals surface area contributed by atoms with Crippen LogP contribution >= 0.6 is 15.9 Å². The summed E-state index contributed by atoms with van der Waals surface area (Å²) in [6.45, 7) is 7.22. The highest BCUT2D eigenvalue weighted by Gasteiger charge is 2.22. The molecule has 20 heavy (non-hydrogen) atoms. The van der Waals surface area contributed by atoms with Gasteiger partial charge in [0.05, 0.1) is 22.4 Å². The summed E-state index contributed by atoms with van der Waals surface area (Å²) in [7, 11) is 0. The average molecular weight is 337 g/mol. The van der Waals surface area contributed by atoms with Crippen molar-refractivity contribution in [2.24, 2.45) is 5.84 Å². The maximum Gasteiger partial charge on any atom is 0.0892 e. The van der Waals surface area contributed by atoms with Crippen LogP contribution in [0.15, 0.2) is 28.9 Å². The van der Waals surface area contributed by atoms with E-state index in [0.29, 0.717) is 0 Å². The van der Waals surface area contributed by atoms with Gasteiger partial charge in [-0.25, -0.2) is 5.43 Å². The molecule has 0 radical (unpaired) electrons. The zero-order valence-corrected chi connectivity index (χ0v) is 13.7. The fourth-order valence-electron chi connectivity index (χ4n) is 2.44. The lowest BCUT2D eigenvalue weighted by atomic mass is 9.97. The molecule has 0 amide bonds. The van der Waals surface area contributed by atoms with E-state index in [9.17, 15) is 0 Å². The average Bonchev–Trinajstić information content (AvgIpc) is 2.77. The molecule has 0 saturated heterocycles. The number of nitrogens with zero attached hydrogens (tertiary/aromatic N) is 2. The second-order valence-electron chi connectivity index (χ2n) is 5.06. The lowest BCUT2D eigenvalue weighted by molar-refractivity contribution is 0.518. The van der Waals surface area contributed by atoms with Crippen LogP contribution in [0.3, 0.4) is 0 Å². The number of nitrogens with two attached hydrogens (primary N) is 1. The van der Waals surface area contributed by atoms with Crippen molar-refractivity contribution in [1.82, 2.24) is 15.2 Å². The largest absolute Gasteiger partial charge is 0.271 e. The minimum Gasteiger partial charge on any atom is -0.271 e. The highest BCUT2D eigenvalue weighted by Crippen LogP contribution is 2.30. The van der Waals surface area contributed by atoms with Crippen LogP contribution in [-0.4, -0.2) is 9.78 Å². The van der Waals surface area contributed by atoms with Crippen molar-refractivity contribution in [3.8, 4) is 0 Å². The van der Waals surface area contributed by atoms with Gasteiger partial charge in [0.2, 0.25) is 0 Å². The molecule has 0 aliphatic rings. The molecule has 0 bridgehead atoms. The molecule has 1 aromatic heterocycles. The minimum atomic E-state index is -0.0710. The van der Waals surface area contributed by atoms with Gasteiger partial charge < -0.3 is 0 Å². The fraction of sp³-hybridized carbons (Fsp3) is 0.400. The molecule has 3 N–H and O–H groups in total. The van der Waals surface area contributed by atoms with Gasteiger partial charge in [-0.15, -0.1) is 0 Å².